The van der Waals surface area contributed by atoms with Crippen molar-refractivity contribution in [2.24, 2.45) is 5.92 Å². The van der Waals surface area contributed by atoms with Crippen molar-refractivity contribution in [3.05, 3.63) is 78.1 Å². The number of fused-ring (bicyclic) bond motifs is 2. The zero-order valence-corrected chi connectivity index (χ0v) is 19.8. The molecule has 5 rings (SSSR count). The van der Waals surface area contributed by atoms with Gasteiger partial charge in [0, 0.05) is 36.7 Å². The lowest BCUT2D eigenvalue weighted by Gasteiger charge is -2.43. The molecule has 0 aliphatic carbocycles. The van der Waals surface area contributed by atoms with Gasteiger partial charge in [-0.2, -0.15) is 0 Å². The average molecular weight is 469 g/mol. The summed E-state index contributed by atoms with van der Waals surface area (Å²) >= 11 is 0. The molecule has 7 heteroatoms. The summed E-state index contributed by atoms with van der Waals surface area (Å²) in [6, 6.07) is 12.0. The van der Waals surface area contributed by atoms with Crippen molar-refractivity contribution in [3.63, 3.8) is 0 Å². The van der Waals surface area contributed by atoms with Crippen molar-refractivity contribution < 1.29 is 23.4 Å². The highest BCUT2D eigenvalue weighted by Gasteiger charge is 2.45. The average Bonchev–Trinajstić information content (AvgIpc) is 3.34. The van der Waals surface area contributed by atoms with Gasteiger partial charge in [0.05, 0.1) is 33.5 Å². The molecule has 0 radical (unpaired) electrons. The van der Waals surface area contributed by atoms with Crippen LogP contribution in [-0.4, -0.2) is 62.2 Å². The van der Waals surface area contributed by atoms with E-state index in [4.69, 9.17) is 14.2 Å². The fourth-order valence-electron chi connectivity index (χ4n) is 5.12. The topological polar surface area (TPSA) is 51.2 Å². The number of methoxy groups -OCH3 is 1. The summed E-state index contributed by atoms with van der Waals surface area (Å²) in [5, 5.41) is 0. The number of carbonyl (C=O) groups excluding carboxylic acids is 1. The predicted octanol–water partition coefficient (Wildman–Crippen LogP) is 4.20. The summed E-state index contributed by atoms with van der Waals surface area (Å²) in [7, 11) is 1.67. The van der Waals surface area contributed by atoms with Crippen molar-refractivity contribution >= 4 is 5.78 Å². The maximum Gasteiger partial charge on any atom is 0.208 e. The van der Waals surface area contributed by atoms with Crippen molar-refractivity contribution in [3.8, 4) is 5.75 Å². The standard InChI is InChI=1S/C25H29FN2O4.C2H4/c1-30-22-7-4-20-15-28(16-25(23(20)14-22)31-12-13-32-25)17-27-10-8-19(9-11-27)24(29)18-2-5-21(26)6-3-18;1-2/h2-7,14,19H,8-13,15-17H2,1H3;1-2H2. The molecule has 0 aromatic heterocycles. The Kier molecular flexibility index (Phi) is 7.78. The van der Waals surface area contributed by atoms with E-state index in [0.717, 1.165) is 50.5 Å². The Hall–Kier alpha value is -2.58. The molecule has 0 amide bonds. The van der Waals surface area contributed by atoms with Gasteiger partial charge < -0.3 is 14.2 Å². The second-order valence-electron chi connectivity index (χ2n) is 8.86. The second-order valence-corrected chi connectivity index (χ2v) is 8.86. The lowest BCUT2D eigenvalue weighted by molar-refractivity contribution is -0.191. The van der Waals surface area contributed by atoms with Gasteiger partial charge in [0.25, 0.3) is 0 Å². The summed E-state index contributed by atoms with van der Waals surface area (Å²) < 4.78 is 30.8. The summed E-state index contributed by atoms with van der Waals surface area (Å²) in [6.45, 7) is 11.2. The number of benzene rings is 2. The van der Waals surface area contributed by atoms with Crippen LogP contribution in [-0.2, 0) is 21.8 Å². The Morgan fingerprint density at radius 1 is 1.09 bits per heavy atom. The van der Waals surface area contributed by atoms with Crippen LogP contribution in [0.1, 0.15) is 34.3 Å². The van der Waals surface area contributed by atoms with Crippen molar-refractivity contribution in [1.82, 2.24) is 9.80 Å². The van der Waals surface area contributed by atoms with E-state index in [-0.39, 0.29) is 17.5 Å². The Balaban J connectivity index is 0.00000133. The highest BCUT2D eigenvalue weighted by Crippen LogP contribution is 2.40. The van der Waals surface area contributed by atoms with Gasteiger partial charge in [-0.1, -0.05) is 6.07 Å². The highest BCUT2D eigenvalue weighted by atomic mass is 19.1. The van der Waals surface area contributed by atoms with E-state index in [1.807, 2.05) is 12.1 Å². The molecule has 0 bridgehead atoms. The number of Topliss-reactive ketones (excluding diaryl/α,β-unsaturated/α-hetero) is 1. The van der Waals surface area contributed by atoms with E-state index in [1.54, 1.807) is 19.2 Å². The maximum absolute atomic E-state index is 13.2. The van der Waals surface area contributed by atoms with Crippen LogP contribution in [0.3, 0.4) is 0 Å². The molecule has 0 atom stereocenters. The SMILES string of the molecule is C=C.COc1ccc2c(c1)C1(CN(CN3CCC(C(=O)c4ccc(F)cc4)CC3)C2)OCCO1. The van der Waals surface area contributed by atoms with E-state index in [1.165, 1.54) is 17.7 Å². The Morgan fingerprint density at radius 3 is 2.41 bits per heavy atom. The zero-order chi connectivity index (χ0) is 24.1. The van der Waals surface area contributed by atoms with Crippen LogP contribution < -0.4 is 4.74 Å². The first-order valence-corrected chi connectivity index (χ1v) is 11.8. The molecule has 1 spiro atoms. The van der Waals surface area contributed by atoms with E-state index < -0.39 is 5.79 Å². The number of rotatable bonds is 5. The minimum Gasteiger partial charge on any atom is -0.497 e. The lowest BCUT2D eigenvalue weighted by Crippen LogP contribution is -2.51. The molecule has 2 aromatic carbocycles. The number of ether oxygens (including phenoxy) is 3. The van der Waals surface area contributed by atoms with E-state index >= 15 is 0 Å². The fraction of sp³-hybridized carbons (Fsp3) is 0.444. The molecule has 2 fully saturated rings. The van der Waals surface area contributed by atoms with Crippen LogP contribution in [0.2, 0.25) is 0 Å². The molecule has 0 unspecified atom stereocenters. The Morgan fingerprint density at radius 2 is 1.76 bits per heavy atom. The number of hydrogen-bond acceptors (Lipinski definition) is 6. The molecule has 0 saturated carbocycles. The third-order valence-electron chi connectivity index (χ3n) is 6.79. The number of piperidine rings is 1. The van der Waals surface area contributed by atoms with Crippen molar-refractivity contribution in [2.45, 2.75) is 25.2 Å². The molecular formula is C27H33FN2O4. The van der Waals surface area contributed by atoms with Gasteiger partial charge >= 0.3 is 0 Å². The van der Waals surface area contributed by atoms with Crippen LogP contribution in [0.4, 0.5) is 4.39 Å². The molecule has 182 valence electrons. The number of nitrogens with zero attached hydrogens (tertiary/aromatic N) is 2. The molecule has 34 heavy (non-hydrogen) atoms. The van der Waals surface area contributed by atoms with Crippen molar-refractivity contribution in [2.75, 3.05) is 46.6 Å². The van der Waals surface area contributed by atoms with Gasteiger partial charge in [0.15, 0.2) is 5.78 Å². The summed E-state index contributed by atoms with van der Waals surface area (Å²) in [5.41, 5.74) is 2.86. The summed E-state index contributed by atoms with van der Waals surface area (Å²) in [5.74, 6) is -0.121. The maximum atomic E-state index is 13.2. The number of halogens is 1. The first-order chi connectivity index (χ1) is 16.6. The van der Waals surface area contributed by atoms with Crippen LogP contribution in [0.25, 0.3) is 0 Å². The fourth-order valence-corrected chi connectivity index (χ4v) is 5.12. The van der Waals surface area contributed by atoms with Gasteiger partial charge in [-0.25, -0.2) is 4.39 Å². The largest absolute Gasteiger partial charge is 0.497 e. The Bertz CT molecular complexity index is 983. The van der Waals surface area contributed by atoms with E-state index in [2.05, 4.69) is 29.0 Å². The number of likely N-dealkylation sites (tertiary alicyclic amines) is 1. The third-order valence-corrected chi connectivity index (χ3v) is 6.79. The second kappa shape index (κ2) is 10.8. The van der Waals surface area contributed by atoms with Crippen LogP contribution in [0, 0.1) is 11.7 Å². The molecule has 3 aliphatic rings. The van der Waals surface area contributed by atoms with E-state index in [9.17, 15) is 9.18 Å². The number of hydrogen-bond donors (Lipinski definition) is 0. The monoisotopic (exact) mass is 468 g/mol. The highest BCUT2D eigenvalue weighted by molar-refractivity contribution is 5.97. The molecule has 6 nitrogen and oxygen atoms in total. The molecule has 2 aromatic rings. The van der Waals surface area contributed by atoms with Crippen LogP contribution >= 0.6 is 0 Å². The van der Waals surface area contributed by atoms with Gasteiger partial charge in [-0.15, -0.1) is 13.2 Å². The third kappa shape index (κ3) is 5.08. The first kappa shape index (κ1) is 24.5. The van der Waals surface area contributed by atoms with Crippen LogP contribution in [0.5, 0.6) is 5.75 Å². The molecule has 2 saturated heterocycles. The normalized spacial score (nSPS) is 20.4. The van der Waals surface area contributed by atoms with Crippen molar-refractivity contribution in [1.29, 1.82) is 0 Å². The number of ketones is 1. The van der Waals surface area contributed by atoms with Gasteiger partial charge in [0.2, 0.25) is 5.79 Å². The predicted molar refractivity (Wildman–Crippen MR) is 128 cm³/mol. The number of carbonyl (C=O) groups is 1. The van der Waals surface area contributed by atoms with Crippen LogP contribution in [0.15, 0.2) is 55.6 Å². The van der Waals surface area contributed by atoms with Gasteiger partial charge in [-0.05, 0) is 54.8 Å². The van der Waals surface area contributed by atoms with E-state index in [0.29, 0.717) is 25.3 Å². The minimum atomic E-state index is -0.737. The summed E-state index contributed by atoms with van der Waals surface area (Å²) in [6.07, 6.45) is 1.63. The molecule has 0 N–H and O–H groups in total. The zero-order valence-electron chi connectivity index (χ0n) is 19.8. The van der Waals surface area contributed by atoms with Gasteiger partial charge in [-0.3, -0.25) is 14.6 Å². The van der Waals surface area contributed by atoms with Gasteiger partial charge in [0.1, 0.15) is 11.6 Å². The summed E-state index contributed by atoms with van der Waals surface area (Å²) in [4.78, 5) is 17.5. The molecule has 3 aliphatic heterocycles. The Labute approximate surface area is 200 Å². The minimum absolute atomic E-state index is 0.000834. The molecular weight excluding hydrogens is 435 g/mol. The molecule has 3 heterocycles. The first-order valence-electron chi connectivity index (χ1n) is 11.8. The quantitative estimate of drug-likeness (QED) is 0.484. The lowest BCUT2D eigenvalue weighted by atomic mass is 9.89. The smallest absolute Gasteiger partial charge is 0.208 e.